The molecule has 0 aromatic heterocycles. The van der Waals surface area contributed by atoms with Crippen LogP contribution < -0.4 is 5.32 Å². The first-order valence-electron chi connectivity index (χ1n) is 5.44. The van der Waals surface area contributed by atoms with E-state index >= 15 is 0 Å². The molecular formula is C12H12N2O4. The Morgan fingerprint density at radius 3 is 2.61 bits per heavy atom. The molecule has 94 valence electrons. The molecule has 1 aliphatic rings. The van der Waals surface area contributed by atoms with Crippen LogP contribution >= 0.6 is 0 Å². The number of rotatable bonds is 4. The first-order chi connectivity index (χ1) is 8.58. The maximum absolute atomic E-state index is 11.1. The SMILES string of the molecule is O=C(O)c1ccc(CC2=NCCN2)c(C(=O)O)c1. The van der Waals surface area contributed by atoms with Gasteiger partial charge in [-0.15, -0.1) is 0 Å². The first kappa shape index (κ1) is 12.1. The van der Waals surface area contributed by atoms with Crippen LogP contribution in [0.4, 0.5) is 0 Å². The lowest BCUT2D eigenvalue weighted by atomic mass is 10.0. The van der Waals surface area contributed by atoms with E-state index in [2.05, 4.69) is 10.3 Å². The van der Waals surface area contributed by atoms with Gasteiger partial charge in [-0.05, 0) is 17.7 Å². The summed E-state index contributed by atoms with van der Waals surface area (Å²) in [5.74, 6) is -1.53. The molecule has 0 atom stereocenters. The summed E-state index contributed by atoms with van der Waals surface area (Å²) in [5, 5.41) is 21.0. The number of aliphatic imine (C=N–C) groups is 1. The predicted octanol–water partition coefficient (Wildman–Crippen LogP) is 0.627. The number of benzene rings is 1. The Morgan fingerprint density at radius 1 is 1.28 bits per heavy atom. The number of aromatic carboxylic acids is 2. The average molecular weight is 248 g/mol. The van der Waals surface area contributed by atoms with Gasteiger partial charge in [0.15, 0.2) is 0 Å². The zero-order valence-corrected chi connectivity index (χ0v) is 9.51. The molecule has 0 unspecified atom stereocenters. The van der Waals surface area contributed by atoms with Gasteiger partial charge in [0.1, 0.15) is 5.84 Å². The summed E-state index contributed by atoms with van der Waals surface area (Å²) in [5.41, 5.74) is 0.532. The molecule has 1 aliphatic heterocycles. The molecule has 6 heteroatoms. The fraction of sp³-hybridized carbons (Fsp3) is 0.250. The van der Waals surface area contributed by atoms with E-state index in [4.69, 9.17) is 10.2 Å². The smallest absolute Gasteiger partial charge is 0.336 e. The monoisotopic (exact) mass is 248 g/mol. The highest BCUT2D eigenvalue weighted by atomic mass is 16.4. The van der Waals surface area contributed by atoms with Gasteiger partial charge in [-0.25, -0.2) is 9.59 Å². The Bertz CT molecular complexity index is 537. The lowest BCUT2D eigenvalue weighted by molar-refractivity contribution is 0.0695. The Hall–Kier alpha value is -2.37. The van der Waals surface area contributed by atoms with Crippen LogP contribution in [0.15, 0.2) is 23.2 Å². The highest BCUT2D eigenvalue weighted by Crippen LogP contribution is 2.14. The molecule has 0 fully saturated rings. The lowest BCUT2D eigenvalue weighted by Gasteiger charge is -2.07. The normalized spacial score (nSPS) is 13.9. The maximum atomic E-state index is 11.1. The largest absolute Gasteiger partial charge is 0.478 e. The van der Waals surface area contributed by atoms with E-state index < -0.39 is 11.9 Å². The average Bonchev–Trinajstić information content (AvgIpc) is 2.81. The number of amidine groups is 1. The first-order valence-corrected chi connectivity index (χ1v) is 5.44. The molecular weight excluding hydrogens is 236 g/mol. The van der Waals surface area contributed by atoms with Crippen molar-refractivity contribution >= 4 is 17.8 Å². The molecule has 0 saturated heterocycles. The van der Waals surface area contributed by atoms with Gasteiger partial charge in [-0.3, -0.25) is 4.99 Å². The van der Waals surface area contributed by atoms with Gasteiger partial charge in [0.05, 0.1) is 17.7 Å². The number of carbonyl (C=O) groups is 2. The van der Waals surface area contributed by atoms with Gasteiger partial charge in [-0.2, -0.15) is 0 Å². The molecule has 1 aromatic carbocycles. The molecule has 3 N–H and O–H groups in total. The second-order valence-corrected chi connectivity index (χ2v) is 3.91. The standard InChI is InChI=1S/C12H12N2O4/c15-11(16)8-2-1-7(9(5-8)12(17)18)6-10-13-3-4-14-10/h1-2,5H,3-4,6H2,(H,13,14)(H,15,16)(H,17,18). The van der Waals surface area contributed by atoms with Gasteiger partial charge >= 0.3 is 11.9 Å². The lowest BCUT2D eigenvalue weighted by Crippen LogP contribution is -2.21. The van der Waals surface area contributed by atoms with E-state index in [1.807, 2.05) is 0 Å². The molecule has 1 heterocycles. The second kappa shape index (κ2) is 4.87. The number of nitrogens with one attached hydrogen (secondary N) is 1. The molecule has 0 radical (unpaired) electrons. The molecule has 0 bridgehead atoms. The van der Waals surface area contributed by atoms with E-state index in [1.54, 1.807) is 0 Å². The zero-order chi connectivity index (χ0) is 13.1. The molecule has 2 rings (SSSR count). The third kappa shape index (κ3) is 2.48. The van der Waals surface area contributed by atoms with Crippen molar-refractivity contribution in [2.75, 3.05) is 13.1 Å². The molecule has 6 nitrogen and oxygen atoms in total. The van der Waals surface area contributed by atoms with Crippen molar-refractivity contribution in [1.29, 1.82) is 0 Å². The topological polar surface area (TPSA) is 99.0 Å². The summed E-state index contributed by atoms with van der Waals surface area (Å²) >= 11 is 0. The van der Waals surface area contributed by atoms with Crippen LogP contribution in [0.5, 0.6) is 0 Å². The van der Waals surface area contributed by atoms with Crippen LogP contribution in [0.1, 0.15) is 26.3 Å². The van der Waals surface area contributed by atoms with Crippen molar-refractivity contribution in [3.05, 3.63) is 34.9 Å². The number of carboxylic acid groups (broad SMARTS) is 2. The van der Waals surface area contributed by atoms with E-state index in [9.17, 15) is 9.59 Å². The molecule has 0 aliphatic carbocycles. The van der Waals surface area contributed by atoms with Gasteiger partial charge in [0.25, 0.3) is 0 Å². The Morgan fingerprint density at radius 2 is 2.06 bits per heavy atom. The van der Waals surface area contributed by atoms with Crippen molar-refractivity contribution in [2.45, 2.75) is 6.42 Å². The Kier molecular flexibility index (Phi) is 3.27. The zero-order valence-electron chi connectivity index (χ0n) is 9.51. The molecule has 18 heavy (non-hydrogen) atoms. The van der Waals surface area contributed by atoms with Gasteiger partial charge < -0.3 is 15.5 Å². The highest BCUT2D eigenvalue weighted by Gasteiger charge is 2.16. The second-order valence-electron chi connectivity index (χ2n) is 3.91. The summed E-state index contributed by atoms with van der Waals surface area (Å²) < 4.78 is 0. The summed E-state index contributed by atoms with van der Waals surface area (Å²) in [6, 6.07) is 4.10. The quantitative estimate of drug-likeness (QED) is 0.725. The number of hydrogen-bond donors (Lipinski definition) is 3. The Labute approximate surface area is 103 Å². The maximum Gasteiger partial charge on any atom is 0.336 e. The summed E-state index contributed by atoms with van der Waals surface area (Å²) in [6.45, 7) is 1.44. The van der Waals surface area contributed by atoms with Crippen molar-refractivity contribution in [2.24, 2.45) is 4.99 Å². The van der Waals surface area contributed by atoms with Gasteiger partial charge in [-0.1, -0.05) is 6.07 Å². The van der Waals surface area contributed by atoms with Gasteiger partial charge in [0.2, 0.25) is 0 Å². The van der Waals surface area contributed by atoms with Crippen LogP contribution in [0, 0.1) is 0 Å². The van der Waals surface area contributed by atoms with Crippen LogP contribution in [-0.4, -0.2) is 41.1 Å². The molecule has 0 spiro atoms. The van der Waals surface area contributed by atoms with E-state index in [1.165, 1.54) is 18.2 Å². The van der Waals surface area contributed by atoms with Crippen molar-refractivity contribution in [1.82, 2.24) is 5.32 Å². The number of hydrogen-bond acceptors (Lipinski definition) is 4. The molecule has 0 amide bonds. The van der Waals surface area contributed by atoms with Crippen molar-refractivity contribution in [3.63, 3.8) is 0 Å². The molecule has 1 aromatic rings. The van der Waals surface area contributed by atoms with Crippen LogP contribution in [0.25, 0.3) is 0 Å². The third-order valence-corrected chi connectivity index (χ3v) is 2.69. The summed E-state index contributed by atoms with van der Waals surface area (Å²) in [4.78, 5) is 26.1. The fourth-order valence-electron chi connectivity index (χ4n) is 1.81. The predicted molar refractivity (Wildman–Crippen MR) is 64.4 cm³/mol. The summed E-state index contributed by atoms with van der Waals surface area (Å²) in [6.07, 6.45) is 0.377. The Balaban J connectivity index is 2.34. The highest BCUT2D eigenvalue weighted by molar-refractivity contribution is 5.96. The number of carboxylic acids is 2. The van der Waals surface area contributed by atoms with Gasteiger partial charge in [0, 0.05) is 13.0 Å². The fourth-order valence-corrected chi connectivity index (χ4v) is 1.81. The minimum Gasteiger partial charge on any atom is -0.478 e. The third-order valence-electron chi connectivity index (χ3n) is 2.69. The van der Waals surface area contributed by atoms with Crippen molar-refractivity contribution < 1.29 is 19.8 Å². The number of nitrogens with zero attached hydrogens (tertiary/aromatic N) is 1. The van der Waals surface area contributed by atoms with E-state index in [-0.39, 0.29) is 11.1 Å². The summed E-state index contributed by atoms with van der Waals surface area (Å²) in [7, 11) is 0. The molecule has 0 saturated carbocycles. The van der Waals surface area contributed by atoms with Crippen LogP contribution in [0.3, 0.4) is 0 Å². The van der Waals surface area contributed by atoms with Crippen LogP contribution in [-0.2, 0) is 6.42 Å². The van der Waals surface area contributed by atoms with Crippen molar-refractivity contribution in [3.8, 4) is 0 Å². The van der Waals surface area contributed by atoms with E-state index in [0.29, 0.717) is 18.5 Å². The minimum absolute atomic E-state index is 0.00583. The van der Waals surface area contributed by atoms with Crippen LogP contribution in [0.2, 0.25) is 0 Å². The van der Waals surface area contributed by atoms with E-state index in [0.717, 1.165) is 12.4 Å². The minimum atomic E-state index is -1.14.